The Morgan fingerprint density at radius 2 is 1.64 bits per heavy atom. The van der Waals surface area contributed by atoms with Gasteiger partial charge in [-0.3, -0.25) is 9.52 Å². The fourth-order valence-corrected chi connectivity index (χ4v) is 4.78. The Hall–Kier alpha value is -4.41. The van der Waals surface area contributed by atoms with Crippen molar-refractivity contribution >= 4 is 49.9 Å². The highest BCUT2D eigenvalue weighted by Crippen LogP contribution is 2.30. The molecule has 11 heteroatoms. The first-order chi connectivity index (χ1) is 17.4. The predicted molar refractivity (Wildman–Crippen MR) is 135 cm³/mol. The molecule has 4 aromatic carbocycles. The van der Waals surface area contributed by atoms with Crippen LogP contribution in [0, 0.1) is 0 Å². The van der Waals surface area contributed by atoms with Crippen molar-refractivity contribution in [2.75, 3.05) is 10.0 Å². The highest BCUT2D eigenvalue weighted by atomic mass is 35.5. The fourth-order valence-electron chi connectivity index (χ4n) is 3.42. The van der Waals surface area contributed by atoms with E-state index in [1.165, 1.54) is 24.3 Å². The smallest absolute Gasteiger partial charge is 0.264 e. The van der Waals surface area contributed by atoms with Crippen LogP contribution in [0.3, 0.4) is 0 Å². The summed E-state index contributed by atoms with van der Waals surface area (Å²) in [6.45, 7) is 0. The lowest BCUT2D eigenvalue weighted by molar-refractivity contribution is 0.102. The van der Waals surface area contributed by atoms with Crippen LogP contribution in [0.5, 0.6) is 11.5 Å². The normalized spacial score (nSPS) is 11.2. The van der Waals surface area contributed by atoms with E-state index in [4.69, 9.17) is 16.3 Å². The van der Waals surface area contributed by atoms with Crippen molar-refractivity contribution in [3.63, 3.8) is 0 Å². The molecule has 5 aromatic rings. The zero-order valence-electron chi connectivity index (χ0n) is 18.4. The number of ether oxygens (including phenoxy) is 1. The Kier molecular flexibility index (Phi) is 6.28. The molecule has 1 amide bonds. The van der Waals surface area contributed by atoms with Gasteiger partial charge in [-0.05, 0) is 77.0 Å². The number of nitrogens with one attached hydrogen (secondary N) is 2. The Balaban J connectivity index is 1.52. The molecule has 2 N–H and O–H groups in total. The van der Waals surface area contributed by atoms with Gasteiger partial charge < -0.3 is 10.1 Å². The highest BCUT2D eigenvalue weighted by Gasteiger charge is 2.23. The topological polar surface area (TPSA) is 123 Å². The third-order valence-electron chi connectivity index (χ3n) is 5.10. The molecule has 0 aliphatic rings. The Morgan fingerprint density at radius 3 is 2.42 bits per heavy atom. The van der Waals surface area contributed by atoms with E-state index in [0.717, 1.165) is 0 Å². The Morgan fingerprint density at radius 1 is 0.861 bits per heavy atom. The zero-order chi connectivity index (χ0) is 25.1. The van der Waals surface area contributed by atoms with Crippen LogP contribution in [0.15, 0.2) is 101 Å². The zero-order valence-corrected chi connectivity index (χ0v) is 20.0. The summed E-state index contributed by atoms with van der Waals surface area (Å²) in [6, 6.07) is 24.4. The lowest BCUT2D eigenvalue weighted by Gasteiger charge is -2.15. The second-order valence-electron chi connectivity index (χ2n) is 7.58. The summed E-state index contributed by atoms with van der Waals surface area (Å²) in [7, 11) is -4.17. The van der Waals surface area contributed by atoms with Gasteiger partial charge in [-0.25, -0.2) is 13.0 Å². The van der Waals surface area contributed by atoms with Crippen molar-refractivity contribution < 1.29 is 22.6 Å². The fraction of sp³-hybridized carbons (Fsp3) is 0. The van der Waals surface area contributed by atoms with Gasteiger partial charge in [0.25, 0.3) is 15.9 Å². The summed E-state index contributed by atoms with van der Waals surface area (Å²) >= 11 is 5.93. The first kappa shape index (κ1) is 23.3. The molecular weight excluding hydrogens is 504 g/mol. The van der Waals surface area contributed by atoms with E-state index < -0.39 is 15.9 Å². The van der Waals surface area contributed by atoms with E-state index in [1.54, 1.807) is 48.5 Å². The molecule has 0 radical (unpaired) electrons. The van der Waals surface area contributed by atoms with E-state index in [2.05, 4.69) is 25.0 Å². The van der Waals surface area contributed by atoms with Crippen LogP contribution in [0.2, 0.25) is 5.02 Å². The van der Waals surface area contributed by atoms with Gasteiger partial charge >= 0.3 is 0 Å². The van der Waals surface area contributed by atoms with E-state index in [9.17, 15) is 13.2 Å². The van der Waals surface area contributed by atoms with Crippen LogP contribution in [0.1, 0.15) is 10.4 Å². The average Bonchev–Trinajstić information content (AvgIpc) is 3.36. The van der Waals surface area contributed by atoms with Crippen LogP contribution in [-0.4, -0.2) is 24.6 Å². The van der Waals surface area contributed by atoms with Gasteiger partial charge in [0.1, 0.15) is 21.9 Å². The summed E-state index contributed by atoms with van der Waals surface area (Å²) < 4.78 is 39.5. The van der Waals surface area contributed by atoms with Crippen molar-refractivity contribution in [3.05, 3.63) is 102 Å². The lowest BCUT2D eigenvalue weighted by Crippen LogP contribution is -2.19. The minimum atomic E-state index is -4.17. The van der Waals surface area contributed by atoms with E-state index in [-0.39, 0.29) is 27.2 Å². The number of carbonyl (C=O) groups excluding carboxylic acids is 1. The van der Waals surface area contributed by atoms with Crippen LogP contribution in [0.4, 0.5) is 11.4 Å². The number of hydrogen-bond donors (Lipinski definition) is 2. The number of halogens is 1. The second kappa shape index (κ2) is 9.68. The van der Waals surface area contributed by atoms with Gasteiger partial charge in [0.15, 0.2) is 5.52 Å². The molecule has 1 aromatic heterocycles. The predicted octanol–water partition coefficient (Wildman–Crippen LogP) is 5.72. The number of para-hydroxylation sites is 1. The number of hydrogen-bond acceptors (Lipinski definition) is 7. The van der Waals surface area contributed by atoms with Gasteiger partial charge in [0, 0.05) is 10.7 Å². The number of anilines is 2. The summed E-state index contributed by atoms with van der Waals surface area (Å²) in [5, 5.41) is 10.6. The molecule has 0 aliphatic carbocycles. The third kappa shape index (κ3) is 4.99. The maximum Gasteiger partial charge on any atom is 0.264 e. The average molecular weight is 521 g/mol. The first-order valence-electron chi connectivity index (χ1n) is 10.6. The van der Waals surface area contributed by atoms with Crippen LogP contribution >= 0.6 is 11.6 Å². The number of nitrogens with zero attached hydrogens (tertiary/aromatic N) is 2. The number of aromatic nitrogens is 2. The van der Waals surface area contributed by atoms with Gasteiger partial charge in [0.2, 0.25) is 0 Å². The van der Waals surface area contributed by atoms with Gasteiger partial charge in [-0.1, -0.05) is 35.9 Å². The number of amides is 1. The van der Waals surface area contributed by atoms with E-state index in [1.807, 2.05) is 18.2 Å². The number of fused-ring (bicyclic) bond motifs is 1. The molecule has 0 saturated carbocycles. The Labute approximate surface area is 210 Å². The second-order valence-corrected chi connectivity index (χ2v) is 9.66. The maximum atomic E-state index is 13.3. The van der Waals surface area contributed by atoms with Gasteiger partial charge in [0.05, 0.1) is 11.3 Å². The molecule has 0 aliphatic heterocycles. The highest BCUT2D eigenvalue weighted by molar-refractivity contribution is 7.93. The molecule has 1 heterocycles. The molecule has 0 unspecified atom stereocenters. The summed E-state index contributed by atoms with van der Waals surface area (Å²) in [5.41, 5.74) is 0.903. The lowest BCUT2D eigenvalue weighted by atomic mass is 10.1. The van der Waals surface area contributed by atoms with Crippen LogP contribution in [0.25, 0.3) is 11.0 Å². The standard InChI is InChI=1S/C25H17ClN4O5S/c26-16-9-11-17(12-10-16)27-25(31)20-15-19(34-18-5-2-1-3-6-18)13-14-21(20)30-36(32,33)23-8-4-7-22-24(23)29-35-28-22/h1-15,30H,(H,27,31). The minimum absolute atomic E-state index is 0.0346. The number of carbonyl (C=O) groups is 1. The number of rotatable bonds is 7. The molecule has 0 bridgehead atoms. The molecule has 0 spiro atoms. The van der Waals surface area contributed by atoms with Crippen LogP contribution < -0.4 is 14.8 Å². The number of sulfonamides is 1. The molecule has 0 saturated heterocycles. The van der Waals surface area contributed by atoms with Gasteiger partial charge in [-0.2, -0.15) is 0 Å². The molecule has 36 heavy (non-hydrogen) atoms. The minimum Gasteiger partial charge on any atom is -0.457 e. The molecule has 9 nitrogen and oxygen atoms in total. The number of benzene rings is 4. The molecule has 180 valence electrons. The van der Waals surface area contributed by atoms with Crippen molar-refractivity contribution in [2.24, 2.45) is 0 Å². The molecular formula is C25H17ClN4O5S. The van der Waals surface area contributed by atoms with Crippen molar-refractivity contribution in [3.8, 4) is 11.5 Å². The summed E-state index contributed by atoms with van der Waals surface area (Å²) in [4.78, 5) is 13.1. The van der Waals surface area contributed by atoms with Crippen molar-refractivity contribution in [1.29, 1.82) is 0 Å². The summed E-state index contributed by atoms with van der Waals surface area (Å²) in [5.74, 6) is 0.336. The van der Waals surface area contributed by atoms with E-state index in [0.29, 0.717) is 22.2 Å². The van der Waals surface area contributed by atoms with Crippen molar-refractivity contribution in [2.45, 2.75) is 4.90 Å². The molecule has 5 rings (SSSR count). The van der Waals surface area contributed by atoms with Crippen molar-refractivity contribution in [1.82, 2.24) is 10.3 Å². The molecule has 0 atom stereocenters. The summed E-state index contributed by atoms with van der Waals surface area (Å²) in [6.07, 6.45) is 0. The third-order valence-corrected chi connectivity index (χ3v) is 6.75. The van der Waals surface area contributed by atoms with Crippen LogP contribution in [-0.2, 0) is 10.0 Å². The van der Waals surface area contributed by atoms with Gasteiger partial charge in [-0.15, -0.1) is 0 Å². The monoisotopic (exact) mass is 520 g/mol. The quantitative estimate of drug-likeness (QED) is 0.281. The largest absolute Gasteiger partial charge is 0.457 e. The first-order valence-corrected chi connectivity index (χ1v) is 12.4. The Bertz CT molecular complexity index is 1660. The van der Waals surface area contributed by atoms with E-state index >= 15 is 0 Å². The molecule has 0 fully saturated rings. The maximum absolute atomic E-state index is 13.3. The SMILES string of the molecule is O=C(Nc1ccc(Cl)cc1)c1cc(Oc2ccccc2)ccc1NS(=O)(=O)c1cccc2nonc12.